The average Bonchev–Trinajstić information content (AvgIpc) is 2.14. The summed E-state index contributed by atoms with van der Waals surface area (Å²) >= 11 is 0. The van der Waals surface area contributed by atoms with Gasteiger partial charge in [0.05, 0.1) is 4.92 Å². The number of ether oxygens (including phenoxy) is 1. The van der Waals surface area contributed by atoms with Crippen LogP contribution in [0.5, 0.6) is 5.75 Å². The molecule has 0 aromatic heterocycles. The van der Waals surface area contributed by atoms with Crippen LogP contribution in [0.1, 0.15) is 31.1 Å². The first-order valence-electron chi connectivity index (χ1n) is 4.91. The highest BCUT2D eigenvalue weighted by Gasteiger charge is 2.21. The SMILES string of the molecule is CC(C)(C)Oc1ccc([N+](=O)[O-])cc1C(=O)O. The summed E-state index contributed by atoms with van der Waals surface area (Å²) in [5, 5.41) is 19.5. The summed E-state index contributed by atoms with van der Waals surface area (Å²) in [5.74, 6) is -1.14. The molecule has 6 heteroatoms. The summed E-state index contributed by atoms with van der Waals surface area (Å²) in [7, 11) is 0. The Balaban J connectivity index is 3.23. The van der Waals surface area contributed by atoms with Crippen molar-refractivity contribution in [3.63, 3.8) is 0 Å². The predicted octanol–water partition coefficient (Wildman–Crippen LogP) is 2.47. The molecule has 1 rings (SSSR count). The monoisotopic (exact) mass is 239 g/mol. The zero-order valence-corrected chi connectivity index (χ0v) is 9.76. The number of non-ortho nitro benzene ring substituents is 1. The highest BCUT2D eigenvalue weighted by atomic mass is 16.6. The fourth-order valence-corrected chi connectivity index (χ4v) is 1.22. The maximum Gasteiger partial charge on any atom is 0.339 e. The van der Waals surface area contributed by atoms with Gasteiger partial charge in [0.2, 0.25) is 0 Å². The van der Waals surface area contributed by atoms with Gasteiger partial charge in [0.15, 0.2) is 0 Å². The van der Waals surface area contributed by atoms with Gasteiger partial charge in [0.25, 0.3) is 5.69 Å². The molecule has 92 valence electrons. The molecule has 0 heterocycles. The number of rotatable bonds is 3. The van der Waals surface area contributed by atoms with Crippen LogP contribution >= 0.6 is 0 Å². The lowest BCUT2D eigenvalue weighted by Crippen LogP contribution is -2.24. The Labute approximate surface area is 98.0 Å². The van der Waals surface area contributed by atoms with E-state index in [1.54, 1.807) is 20.8 Å². The number of carbonyl (C=O) groups is 1. The van der Waals surface area contributed by atoms with Crippen molar-refractivity contribution >= 4 is 11.7 Å². The van der Waals surface area contributed by atoms with Gasteiger partial charge in [-0.25, -0.2) is 4.79 Å². The zero-order valence-electron chi connectivity index (χ0n) is 9.76. The van der Waals surface area contributed by atoms with E-state index in [2.05, 4.69) is 0 Å². The van der Waals surface area contributed by atoms with Crippen molar-refractivity contribution in [1.82, 2.24) is 0 Å². The standard InChI is InChI=1S/C11H13NO5/c1-11(2,3)17-9-5-4-7(12(15)16)6-8(9)10(13)14/h4-6H,1-3H3,(H,13,14). The summed E-state index contributed by atoms with van der Waals surface area (Å²) in [4.78, 5) is 20.9. The lowest BCUT2D eigenvalue weighted by molar-refractivity contribution is -0.384. The predicted molar refractivity (Wildman–Crippen MR) is 60.4 cm³/mol. The van der Waals surface area contributed by atoms with Crippen LogP contribution in [0.25, 0.3) is 0 Å². The second-order valence-electron chi connectivity index (χ2n) is 4.46. The fraction of sp³-hybridized carbons (Fsp3) is 0.364. The summed E-state index contributed by atoms with van der Waals surface area (Å²) in [6, 6.07) is 3.50. The number of carboxylic acid groups (broad SMARTS) is 1. The number of nitrogens with zero attached hydrogens (tertiary/aromatic N) is 1. The minimum absolute atomic E-state index is 0.121. The lowest BCUT2D eigenvalue weighted by atomic mass is 10.1. The molecule has 0 aliphatic carbocycles. The van der Waals surface area contributed by atoms with E-state index in [9.17, 15) is 14.9 Å². The quantitative estimate of drug-likeness (QED) is 0.646. The van der Waals surface area contributed by atoms with E-state index in [0.29, 0.717) is 0 Å². The number of hydrogen-bond acceptors (Lipinski definition) is 4. The second-order valence-corrected chi connectivity index (χ2v) is 4.46. The maximum absolute atomic E-state index is 11.0. The maximum atomic E-state index is 11.0. The molecule has 0 bridgehead atoms. The molecule has 0 fully saturated rings. The third-order valence-corrected chi connectivity index (χ3v) is 1.82. The fourth-order valence-electron chi connectivity index (χ4n) is 1.22. The number of hydrogen-bond donors (Lipinski definition) is 1. The summed E-state index contributed by atoms with van der Waals surface area (Å²) in [5.41, 5.74) is -1.06. The Hall–Kier alpha value is -2.11. The van der Waals surface area contributed by atoms with Gasteiger partial charge < -0.3 is 9.84 Å². The molecule has 1 aromatic carbocycles. The molecule has 0 atom stereocenters. The van der Waals surface area contributed by atoms with Crippen molar-refractivity contribution in [1.29, 1.82) is 0 Å². The number of aromatic carboxylic acids is 1. The van der Waals surface area contributed by atoms with Crippen LogP contribution < -0.4 is 4.74 Å². The Morgan fingerprint density at radius 3 is 2.41 bits per heavy atom. The van der Waals surface area contributed by atoms with Gasteiger partial charge in [0, 0.05) is 12.1 Å². The molecule has 1 aromatic rings. The van der Waals surface area contributed by atoms with Gasteiger partial charge in [-0.2, -0.15) is 0 Å². The number of carboxylic acids is 1. The molecule has 0 aliphatic heterocycles. The smallest absolute Gasteiger partial charge is 0.339 e. The van der Waals surface area contributed by atoms with E-state index in [1.165, 1.54) is 12.1 Å². The molecule has 0 spiro atoms. The topological polar surface area (TPSA) is 89.7 Å². The first-order chi connectivity index (χ1) is 7.70. The Bertz CT molecular complexity index is 461. The first kappa shape index (κ1) is 13.0. The van der Waals surface area contributed by atoms with Crippen molar-refractivity contribution in [3.8, 4) is 5.75 Å². The van der Waals surface area contributed by atoms with Crippen molar-refractivity contribution in [2.75, 3.05) is 0 Å². The molecule has 0 aliphatic rings. The van der Waals surface area contributed by atoms with Crippen molar-refractivity contribution in [2.45, 2.75) is 26.4 Å². The van der Waals surface area contributed by atoms with Crippen LogP contribution in [0.2, 0.25) is 0 Å². The molecule has 1 N–H and O–H groups in total. The van der Waals surface area contributed by atoms with E-state index in [4.69, 9.17) is 9.84 Å². The van der Waals surface area contributed by atoms with E-state index in [-0.39, 0.29) is 17.0 Å². The van der Waals surface area contributed by atoms with Crippen LogP contribution in [-0.2, 0) is 0 Å². The zero-order chi connectivity index (χ0) is 13.2. The number of nitro groups is 1. The summed E-state index contributed by atoms with van der Waals surface area (Å²) in [6.45, 7) is 5.29. The molecular weight excluding hydrogens is 226 g/mol. The summed E-state index contributed by atoms with van der Waals surface area (Å²) in [6.07, 6.45) is 0. The molecule has 17 heavy (non-hydrogen) atoms. The molecule has 0 radical (unpaired) electrons. The van der Waals surface area contributed by atoms with Crippen LogP contribution in [-0.4, -0.2) is 21.6 Å². The minimum atomic E-state index is -1.26. The third kappa shape index (κ3) is 3.44. The van der Waals surface area contributed by atoms with E-state index < -0.39 is 16.5 Å². The number of benzene rings is 1. The van der Waals surface area contributed by atoms with Crippen molar-refractivity contribution in [3.05, 3.63) is 33.9 Å². The van der Waals surface area contributed by atoms with Crippen LogP contribution in [0.15, 0.2) is 18.2 Å². The van der Waals surface area contributed by atoms with Gasteiger partial charge >= 0.3 is 5.97 Å². The Morgan fingerprint density at radius 1 is 1.41 bits per heavy atom. The largest absolute Gasteiger partial charge is 0.487 e. The third-order valence-electron chi connectivity index (χ3n) is 1.82. The van der Waals surface area contributed by atoms with Crippen LogP contribution in [0.4, 0.5) is 5.69 Å². The summed E-state index contributed by atoms with van der Waals surface area (Å²) < 4.78 is 5.43. The molecule has 0 amide bonds. The highest BCUT2D eigenvalue weighted by Crippen LogP contribution is 2.27. The molecule has 0 saturated carbocycles. The molecule has 0 saturated heterocycles. The van der Waals surface area contributed by atoms with Crippen molar-refractivity contribution < 1.29 is 19.6 Å². The van der Waals surface area contributed by atoms with Crippen LogP contribution in [0, 0.1) is 10.1 Å². The van der Waals surface area contributed by atoms with Crippen molar-refractivity contribution in [2.24, 2.45) is 0 Å². The van der Waals surface area contributed by atoms with Crippen LogP contribution in [0.3, 0.4) is 0 Å². The minimum Gasteiger partial charge on any atom is -0.487 e. The second kappa shape index (κ2) is 4.40. The van der Waals surface area contributed by atoms with E-state index in [1.807, 2.05) is 0 Å². The van der Waals surface area contributed by atoms with E-state index in [0.717, 1.165) is 6.07 Å². The lowest BCUT2D eigenvalue weighted by Gasteiger charge is -2.22. The van der Waals surface area contributed by atoms with Gasteiger partial charge in [-0.1, -0.05) is 0 Å². The normalized spacial score (nSPS) is 11.0. The average molecular weight is 239 g/mol. The molecule has 6 nitrogen and oxygen atoms in total. The molecule has 0 unspecified atom stereocenters. The Kier molecular flexibility index (Phi) is 3.36. The van der Waals surface area contributed by atoms with Gasteiger partial charge in [-0.05, 0) is 26.8 Å². The van der Waals surface area contributed by atoms with E-state index >= 15 is 0 Å². The Morgan fingerprint density at radius 2 is 2.00 bits per heavy atom. The highest BCUT2D eigenvalue weighted by molar-refractivity contribution is 5.91. The van der Waals surface area contributed by atoms with Gasteiger partial charge in [0.1, 0.15) is 16.9 Å². The molecular formula is C11H13NO5. The first-order valence-corrected chi connectivity index (χ1v) is 4.91. The number of nitro benzene ring substituents is 1. The van der Waals surface area contributed by atoms with Gasteiger partial charge in [-0.3, -0.25) is 10.1 Å². The van der Waals surface area contributed by atoms with Gasteiger partial charge in [-0.15, -0.1) is 0 Å².